The quantitative estimate of drug-likeness (QED) is 0.0199. The molecule has 6 nitrogen and oxygen atoms in total. The summed E-state index contributed by atoms with van der Waals surface area (Å²) in [4.78, 5) is 38.0. The minimum Gasteiger partial charge on any atom is -0.462 e. The lowest BCUT2D eigenvalue weighted by molar-refractivity contribution is -0.167. The molecule has 0 saturated heterocycles. The van der Waals surface area contributed by atoms with E-state index in [0.29, 0.717) is 19.3 Å². The summed E-state index contributed by atoms with van der Waals surface area (Å²) < 4.78 is 16.7. The average Bonchev–Trinajstić information content (AvgIpc) is 3.30. The van der Waals surface area contributed by atoms with Gasteiger partial charge in [-0.25, -0.2) is 0 Å². The highest BCUT2D eigenvalue weighted by molar-refractivity contribution is 5.71. The first kappa shape index (κ1) is 60.8. The Morgan fingerprint density at radius 2 is 0.677 bits per heavy atom. The van der Waals surface area contributed by atoms with Gasteiger partial charge >= 0.3 is 17.9 Å². The van der Waals surface area contributed by atoms with E-state index in [0.717, 1.165) is 96.3 Å². The monoisotopic (exact) mass is 899 g/mol. The molecule has 0 aromatic heterocycles. The molecule has 0 amide bonds. The second-order valence-electron chi connectivity index (χ2n) is 16.8. The van der Waals surface area contributed by atoms with Crippen molar-refractivity contribution in [1.82, 2.24) is 0 Å². The average molecular weight is 899 g/mol. The number of rotatable bonds is 45. The van der Waals surface area contributed by atoms with Crippen LogP contribution in [0.4, 0.5) is 0 Å². The van der Waals surface area contributed by atoms with Crippen LogP contribution in [0.1, 0.15) is 213 Å². The highest BCUT2D eigenvalue weighted by Crippen LogP contribution is 2.13. The van der Waals surface area contributed by atoms with Gasteiger partial charge in [-0.1, -0.05) is 219 Å². The van der Waals surface area contributed by atoms with Crippen LogP contribution in [0.3, 0.4) is 0 Å². The van der Waals surface area contributed by atoms with Crippen LogP contribution >= 0.6 is 0 Å². The summed E-state index contributed by atoms with van der Waals surface area (Å²) >= 11 is 0. The minimum atomic E-state index is -0.815. The largest absolute Gasteiger partial charge is 0.462 e. The van der Waals surface area contributed by atoms with Gasteiger partial charge in [0.05, 0.1) is 0 Å². The van der Waals surface area contributed by atoms with Crippen molar-refractivity contribution in [3.05, 3.63) is 122 Å². The van der Waals surface area contributed by atoms with Gasteiger partial charge in [-0.15, -0.1) is 0 Å². The smallest absolute Gasteiger partial charge is 0.306 e. The molecule has 366 valence electrons. The lowest BCUT2D eigenvalue weighted by Crippen LogP contribution is -2.30. The SMILES string of the molecule is CC\C=C/C=C\C=C/CCCCCCCCCC(=O)OCC(COC(=O)CCC/C=C\C/C=C\C/C=C\C/C=C\CCCCC)OC(=O)CCCCCCCCC\C=C/C=C\C=C/CC. The minimum absolute atomic E-state index is 0.110. The van der Waals surface area contributed by atoms with Gasteiger partial charge in [0, 0.05) is 19.3 Å². The Kier molecular flexibility index (Phi) is 49.1. The summed E-state index contributed by atoms with van der Waals surface area (Å²) in [6.07, 6.45) is 71.8. The van der Waals surface area contributed by atoms with E-state index in [9.17, 15) is 14.4 Å². The van der Waals surface area contributed by atoms with E-state index in [2.05, 4.69) is 142 Å². The van der Waals surface area contributed by atoms with Gasteiger partial charge in [-0.05, 0) is 96.3 Å². The molecule has 65 heavy (non-hydrogen) atoms. The number of unbranched alkanes of at least 4 members (excludes halogenated alkanes) is 18. The predicted octanol–water partition coefficient (Wildman–Crippen LogP) is 17.3. The highest BCUT2D eigenvalue weighted by Gasteiger charge is 2.19. The number of carbonyl (C=O) groups is 3. The van der Waals surface area contributed by atoms with E-state index in [4.69, 9.17) is 14.2 Å². The van der Waals surface area contributed by atoms with E-state index in [1.54, 1.807) is 0 Å². The van der Waals surface area contributed by atoms with E-state index in [-0.39, 0.29) is 37.5 Å². The van der Waals surface area contributed by atoms with Crippen LogP contribution in [0.15, 0.2) is 122 Å². The third kappa shape index (κ3) is 50.7. The number of hydrogen-bond donors (Lipinski definition) is 0. The summed E-state index contributed by atoms with van der Waals surface area (Å²) in [7, 11) is 0. The van der Waals surface area contributed by atoms with Crippen LogP contribution in [-0.2, 0) is 28.6 Å². The number of carbonyl (C=O) groups excluding carboxylic acids is 3. The third-order valence-electron chi connectivity index (χ3n) is 10.6. The molecule has 0 rings (SSSR count). The lowest BCUT2D eigenvalue weighted by atomic mass is 10.1. The number of hydrogen-bond acceptors (Lipinski definition) is 6. The zero-order valence-electron chi connectivity index (χ0n) is 41.7. The number of esters is 3. The molecule has 0 aliphatic heterocycles. The fraction of sp³-hybridized carbons (Fsp3) is 0.610. The lowest BCUT2D eigenvalue weighted by Gasteiger charge is -2.18. The molecular formula is C59H94O6. The van der Waals surface area contributed by atoms with Gasteiger partial charge in [0.1, 0.15) is 13.2 Å². The maximum atomic E-state index is 12.8. The van der Waals surface area contributed by atoms with Crippen molar-refractivity contribution in [2.24, 2.45) is 0 Å². The zero-order chi connectivity index (χ0) is 47.2. The summed E-state index contributed by atoms with van der Waals surface area (Å²) in [6, 6.07) is 0. The fourth-order valence-electron chi connectivity index (χ4n) is 6.67. The van der Waals surface area contributed by atoms with Crippen molar-refractivity contribution < 1.29 is 28.6 Å². The Labute approximate surface area is 399 Å². The van der Waals surface area contributed by atoms with Crippen LogP contribution in [-0.4, -0.2) is 37.2 Å². The van der Waals surface area contributed by atoms with E-state index in [1.165, 1.54) is 70.6 Å². The molecule has 0 aliphatic rings. The molecule has 0 saturated carbocycles. The fourth-order valence-corrected chi connectivity index (χ4v) is 6.67. The van der Waals surface area contributed by atoms with Gasteiger partial charge in [0.2, 0.25) is 0 Å². The van der Waals surface area contributed by atoms with Crippen molar-refractivity contribution in [1.29, 1.82) is 0 Å². The highest BCUT2D eigenvalue weighted by atomic mass is 16.6. The van der Waals surface area contributed by atoms with E-state index in [1.807, 2.05) is 0 Å². The Hall–Kier alpha value is -4.19. The molecule has 0 aromatic rings. The Bertz CT molecular complexity index is 1400. The second-order valence-corrected chi connectivity index (χ2v) is 16.8. The van der Waals surface area contributed by atoms with Crippen LogP contribution in [0.25, 0.3) is 0 Å². The molecule has 0 N–H and O–H groups in total. The van der Waals surface area contributed by atoms with E-state index >= 15 is 0 Å². The number of allylic oxidation sites excluding steroid dienone is 20. The van der Waals surface area contributed by atoms with Gasteiger partial charge < -0.3 is 14.2 Å². The van der Waals surface area contributed by atoms with Crippen molar-refractivity contribution in [3.63, 3.8) is 0 Å². The maximum Gasteiger partial charge on any atom is 0.306 e. The maximum absolute atomic E-state index is 12.8. The molecule has 1 atom stereocenters. The van der Waals surface area contributed by atoms with Crippen molar-refractivity contribution in [3.8, 4) is 0 Å². The summed E-state index contributed by atoms with van der Waals surface area (Å²) in [5, 5.41) is 0. The molecule has 0 spiro atoms. The van der Waals surface area contributed by atoms with Gasteiger partial charge in [0.25, 0.3) is 0 Å². The molecule has 0 bridgehead atoms. The molecule has 0 radical (unpaired) electrons. The molecule has 6 heteroatoms. The normalized spacial score (nSPS) is 13.1. The van der Waals surface area contributed by atoms with Crippen LogP contribution in [0.5, 0.6) is 0 Å². The van der Waals surface area contributed by atoms with Crippen molar-refractivity contribution in [2.45, 2.75) is 219 Å². The third-order valence-corrected chi connectivity index (χ3v) is 10.6. The molecular weight excluding hydrogens is 805 g/mol. The first-order valence-corrected chi connectivity index (χ1v) is 26.1. The van der Waals surface area contributed by atoms with Crippen LogP contribution in [0.2, 0.25) is 0 Å². The molecule has 0 fully saturated rings. The topological polar surface area (TPSA) is 78.9 Å². The Morgan fingerprint density at radius 1 is 0.338 bits per heavy atom. The van der Waals surface area contributed by atoms with Crippen LogP contribution in [0, 0.1) is 0 Å². The first-order valence-electron chi connectivity index (χ1n) is 26.1. The Morgan fingerprint density at radius 3 is 1.12 bits per heavy atom. The molecule has 1 unspecified atom stereocenters. The molecule has 0 heterocycles. The van der Waals surface area contributed by atoms with Gasteiger partial charge in [-0.3, -0.25) is 14.4 Å². The first-order chi connectivity index (χ1) is 32.0. The predicted molar refractivity (Wildman–Crippen MR) is 279 cm³/mol. The Balaban J connectivity index is 4.53. The molecule has 0 aliphatic carbocycles. The van der Waals surface area contributed by atoms with Crippen molar-refractivity contribution in [2.75, 3.05) is 13.2 Å². The zero-order valence-corrected chi connectivity index (χ0v) is 41.7. The number of ether oxygens (including phenoxy) is 3. The summed E-state index contributed by atoms with van der Waals surface area (Å²) in [6.45, 7) is 6.27. The van der Waals surface area contributed by atoms with E-state index < -0.39 is 6.10 Å². The summed E-state index contributed by atoms with van der Waals surface area (Å²) in [5.41, 5.74) is 0. The second kappa shape index (κ2) is 52.4. The van der Waals surface area contributed by atoms with Gasteiger partial charge in [-0.2, -0.15) is 0 Å². The van der Waals surface area contributed by atoms with Gasteiger partial charge in [0.15, 0.2) is 6.10 Å². The van der Waals surface area contributed by atoms with Crippen molar-refractivity contribution >= 4 is 17.9 Å². The molecule has 0 aromatic carbocycles. The summed E-state index contributed by atoms with van der Waals surface area (Å²) in [5.74, 6) is -0.999. The standard InChI is InChI=1S/C59H94O6/c1-4-7-10-13-16-19-22-25-28-29-32-34-37-40-43-46-49-52-58(61)64-55-56(65-59(62)53-50-47-44-41-38-35-31-27-24-21-18-15-12-9-6-3)54-63-57(60)51-48-45-42-39-36-33-30-26-23-20-17-14-11-8-5-2/h8-9,11-12,14-21,23-25,28,32,34,40,43,56H,4-7,10,13,22,26-27,29-31,33,35-39,41-42,44-55H2,1-3H3/b11-8-,12-9-,17-14-,18-15-,19-16-,23-20-,24-21-,28-25-,34-32-,43-40-. The van der Waals surface area contributed by atoms with Crippen LogP contribution < -0.4 is 0 Å².